The van der Waals surface area contributed by atoms with Crippen LogP contribution < -0.4 is 10.6 Å². The molecule has 0 unspecified atom stereocenters. The number of aliphatic hydroxyl groups excluding tert-OH is 6. The van der Waals surface area contributed by atoms with Gasteiger partial charge in [0.1, 0.15) is 11.1 Å². The van der Waals surface area contributed by atoms with Crippen molar-refractivity contribution in [1.82, 2.24) is 10.6 Å². The van der Waals surface area contributed by atoms with Gasteiger partial charge in [0, 0.05) is 11.1 Å². The van der Waals surface area contributed by atoms with Gasteiger partial charge in [0.2, 0.25) is 0 Å². The van der Waals surface area contributed by atoms with Gasteiger partial charge in [-0.2, -0.15) is 10.2 Å². The molecule has 34 heavy (non-hydrogen) atoms. The average molecular weight is 476 g/mol. The maximum atomic E-state index is 12.3. The van der Waals surface area contributed by atoms with Crippen molar-refractivity contribution in [3.63, 3.8) is 0 Å². The first-order valence-electron chi connectivity index (χ1n) is 10.2. The molecule has 0 spiro atoms. The van der Waals surface area contributed by atoms with Crippen LogP contribution in [-0.4, -0.2) is 93.2 Å². The van der Waals surface area contributed by atoms with E-state index < -0.39 is 62.5 Å². The quantitative estimate of drug-likeness (QED) is 0.178. The van der Waals surface area contributed by atoms with Gasteiger partial charge in [0.15, 0.2) is 0 Å². The molecule has 0 saturated heterocycles. The monoisotopic (exact) mass is 476 g/mol. The van der Waals surface area contributed by atoms with E-state index >= 15 is 0 Å². The molecule has 0 heterocycles. The van der Waals surface area contributed by atoms with Crippen LogP contribution in [0.3, 0.4) is 0 Å². The first-order chi connectivity index (χ1) is 16.3. The third-order valence-electron chi connectivity index (χ3n) is 5.11. The van der Waals surface area contributed by atoms with Crippen LogP contribution in [0.25, 0.3) is 0 Å². The molecule has 0 aliphatic rings. The molecule has 0 bridgehead atoms. The lowest BCUT2D eigenvalue weighted by Gasteiger charge is -2.28. The number of rotatable bonds is 12. The van der Waals surface area contributed by atoms with Gasteiger partial charge in [0.25, 0.3) is 11.8 Å². The molecule has 0 aliphatic carbocycles. The normalized spacial score (nSPS) is 12.1. The smallest absolute Gasteiger partial charge is 0.251 e. The number of benzene rings is 2. The molecule has 12 nitrogen and oxygen atoms in total. The zero-order valence-electron chi connectivity index (χ0n) is 18.3. The number of aliphatic hydroxyl groups is 6. The van der Waals surface area contributed by atoms with Crippen molar-refractivity contribution in [2.24, 2.45) is 10.2 Å². The molecule has 0 atom stereocenters. The summed E-state index contributed by atoms with van der Waals surface area (Å²) in [7, 11) is 0. The van der Waals surface area contributed by atoms with Gasteiger partial charge in [-0.1, -0.05) is 0 Å². The molecule has 8 N–H and O–H groups in total. The fraction of sp³-hybridized carbons (Fsp3) is 0.364. The van der Waals surface area contributed by atoms with Crippen molar-refractivity contribution >= 4 is 23.2 Å². The van der Waals surface area contributed by atoms with Gasteiger partial charge in [-0.25, -0.2) is 0 Å². The Morgan fingerprint density at radius 1 is 0.559 bits per heavy atom. The Balaban J connectivity index is 2.03. The van der Waals surface area contributed by atoms with Crippen LogP contribution in [0, 0.1) is 0 Å². The number of hydrogen-bond donors (Lipinski definition) is 8. The van der Waals surface area contributed by atoms with E-state index in [1.54, 1.807) is 0 Å². The van der Waals surface area contributed by atoms with E-state index in [9.17, 15) is 40.2 Å². The lowest BCUT2D eigenvalue weighted by molar-refractivity contribution is 0.0375. The van der Waals surface area contributed by atoms with Crippen LogP contribution >= 0.6 is 0 Å². The van der Waals surface area contributed by atoms with Crippen LogP contribution in [0.15, 0.2) is 58.8 Å². The summed E-state index contributed by atoms with van der Waals surface area (Å²) < 4.78 is 0. The Morgan fingerprint density at radius 3 is 1.06 bits per heavy atom. The maximum Gasteiger partial charge on any atom is 0.251 e. The van der Waals surface area contributed by atoms with Gasteiger partial charge in [0.05, 0.1) is 51.0 Å². The Labute approximate surface area is 195 Å². The highest BCUT2D eigenvalue weighted by Gasteiger charge is 2.31. The van der Waals surface area contributed by atoms with E-state index in [-0.39, 0.29) is 11.1 Å². The molecular formula is C22H28N4O8. The fourth-order valence-electron chi connectivity index (χ4n) is 2.64. The Hall–Kier alpha value is -3.26. The predicted octanol–water partition coefficient (Wildman–Crippen LogP) is -1.01. The summed E-state index contributed by atoms with van der Waals surface area (Å²) >= 11 is 0. The second-order valence-electron chi connectivity index (χ2n) is 7.71. The Kier molecular flexibility index (Phi) is 9.74. The minimum Gasteiger partial charge on any atom is -0.394 e. The summed E-state index contributed by atoms with van der Waals surface area (Å²) in [6.45, 7) is -3.81. The molecule has 0 aliphatic heterocycles. The van der Waals surface area contributed by atoms with Crippen LogP contribution in [-0.2, 0) is 0 Å². The minimum absolute atomic E-state index is 0.221. The van der Waals surface area contributed by atoms with Crippen LogP contribution in [0.4, 0.5) is 11.4 Å². The molecule has 2 aromatic rings. The van der Waals surface area contributed by atoms with Crippen molar-refractivity contribution in [2.75, 3.05) is 39.6 Å². The Bertz CT molecular complexity index is 875. The maximum absolute atomic E-state index is 12.3. The number of nitrogens with one attached hydrogen (secondary N) is 2. The molecule has 2 amide bonds. The van der Waals surface area contributed by atoms with E-state index in [2.05, 4.69) is 20.9 Å². The first kappa shape index (κ1) is 27.0. The summed E-state index contributed by atoms with van der Waals surface area (Å²) in [4.78, 5) is 24.6. The highest BCUT2D eigenvalue weighted by atomic mass is 16.3. The highest BCUT2D eigenvalue weighted by Crippen LogP contribution is 2.20. The molecule has 2 aromatic carbocycles. The van der Waals surface area contributed by atoms with Crippen LogP contribution in [0.5, 0.6) is 0 Å². The number of azo groups is 1. The molecule has 0 aromatic heterocycles. The lowest BCUT2D eigenvalue weighted by Crippen LogP contribution is -2.57. The summed E-state index contributed by atoms with van der Waals surface area (Å²) in [6, 6.07) is 11.9. The van der Waals surface area contributed by atoms with Gasteiger partial charge in [-0.05, 0) is 48.5 Å². The van der Waals surface area contributed by atoms with Crippen molar-refractivity contribution in [1.29, 1.82) is 0 Å². The zero-order chi connectivity index (χ0) is 25.2. The standard InChI is InChI=1S/C22H28N4O8/c27-9-21(10-28,11-29)23-19(33)15-1-5-17(6-2-15)25-26-18-7-3-16(4-8-18)20(34)24-22(12-30,13-31)14-32/h1-8,27-32H,9-14H2,(H,23,33)(H,24,34). The minimum atomic E-state index is -1.53. The number of carbonyl (C=O) groups excluding carboxylic acids is 2. The fourth-order valence-corrected chi connectivity index (χ4v) is 2.64. The summed E-state index contributed by atoms with van der Waals surface area (Å²) in [5, 5.41) is 68.8. The molecule has 2 rings (SSSR count). The van der Waals surface area contributed by atoms with Gasteiger partial charge < -0.3 is 41.3 Å². The van der Waals surface area contributed by atoms with E-state index in [4.69, 9.17) is 0 Å². The molecule has 184 valence electrons. The van der Waals surface area contributed by atoms with Gasteiger partial charge in [-0.3, -0.25) is 9.59 Å². The SMILES string of the molecule is O=C(NC(CO)(CO)CO)c1ccc(N=Nc2ccc(C(=O)NC(CO)(CO)CO)cc2)cc1. The third-order valence-corrected chi connectivity index (χ3v) is 5.11. The van der Waals surface area contributed by atoms with Crippen molar-refractivity contribution in [3.05, 3.63) is 59.7 Å². The van der Waals surface area contributed by atoms with E-state index in [1.165, 1.54) is 48.5 Å². The summed E-state index contributed by atoms with van der Waals surface area (Å²) in [6.07, 6.45) is 0. The van der Waals surface area contributed by atoms with E-state index in [0.29, 0.717) is 11.4 Å². The lowest BCUT2D eigenvalue weighted by atomic mass is 10.0. The summed E-state index contributed by atoms with van der Waals surface area (Å²) in [5.41, 5.74) is -1.77. The highest BCUT2D eigenvalue weighted by molar-refractivity contribution is 5.95. The second kappa shape index (κ2) is 12.3. The van der Waals surface area contributed by atoms with Crippen molar-refractivity contribution < 1.29 is 40.2 Å². The average Bonchev–Trinajstić information content (AvgIpc) is 2.89. The third kappa shape index (κ3) is 6.63. The van der Waals surface area contributed by atoms with Crippen molar-refractivity contribution in [2.45, 2.75) is 11.1 Å². The van der Waals surface area contributed by atoms with Crippen molar-refractivity contribution in [3.8, 4) is 0 Å². The van der Waals surface area contributed by atoms with Crippen LogP contribution in [0.2, 0.25) is 0 Å². The number of nitrogens with zero attached hydrogens (tertiary/aromatic N) is 2. The first-order valence-corrected chi connectivity index (χ1v) is 10.2. The second-order valence-corrected chi connectivity index (χ2v) is 7.71. The van der Waals surface area contributed by atoms with Crippen LogP contribution in [0.1, 0.15) is 20.7 Å². The molecular weight excluding hydrogens is 448 g/mol. The van der Waals surface area contributed by atoms with Gasteiger partial charge >= 0.3 is 0 Å². The van der Waals surface area contributed by atoms with Gasteiger partial charge in [-0.15, -0.1) is 0 Å². The number of amides is 2. The summed E-state index contributed by atoms with van der Waals surface area (Å²) in [5.74, 6) is -1.19. The largest absolute Gasteiger partial charge is 0.394 e. The predicted molar refractivity (Wildman–Crippen MR) is 120 cm³/mol. The van der Waals surface area contributed by atoms with E-state index in [1.807, 2.05) is 0 Å². The number of carbonyl (C=O) groups is 2. The molecule has 0 radical (unpaired) electrons. The zero-order valence-corrected chi connectivity index (χ0v) is 18.3. The molecule has 12 heteroatoms. The van der Waals surface area contributed by atoms with E-state index in [0.717, 1.165) is 0 Å². The molecule has 0 saturated carbocycles. The Morgan fingerprint density at radius 2 is 0.824 bits per heavy atom. The molecule has 0 fully saturated rings. The topological polar surface area (TPSA) is 204 Å². The number of hydrogen-bond acceptors (Lipinski definition) is 10.